The van der Waals surface area contributed by atoms with Gasteiger partial charge in [0.25, 0.3) is 0 Å². The molecular formula is C35H23N3. The van der Waals surface area contributed by atoms with Crippen molar-refractivity contribution < 1.29 is 0 Å². The maximum Gasteiger partial charge on any atom is 0.0985 e. The molecule has 0 amide bonds. The molecule has 0 unspecified atom stereocenters. The van der Waals surface area contributed by atoms with Crippen LogP contribution in [0, 0.1) is 0 Å². The third-order valence-electron chi connectivity index (χ3n) is 7.53. The lowest BCUT2D eigenvalue weighted by Gasteiger charge is -2.13. The quantitative estimate of drug-likeness (QED) is 0.245. The Morgan fingerprint density at radius 2 is 1.00 bits per heavy atom. The Balaban J connectivity index is 1.57. The number of rotatable bonds is 3. The summed E-state index contributed by atoms with van der Waals surface area (Å²) in [5.74, 6) is 0. The van der Waals surface area contributed by atoms with Gasteiger partial charge in [0.15, 0.2) is 0 Å². The highest BCUT2D eigenvalue weighted by atomic mass is 15.1. The molecule has 0 N–H and O–H groups in total. The van der Waals surface area contributed by atoms with Crippen LogP contribution < -0.4 is 0 Å². The normalized spacial score (nSPS) is 11.7. The summed E-state index contributed by atoms with van der Waals surface area (Å²) in [7, 11) is 0. The molecule has 178 valence electrons. The molecule has 38 heavy (non-hydrogen) atoms. The number of aromatic nitrogens is 3. The van der Waals surface area contributed by atoms with Crippen molar-refractivity contribution in [1.29, 1.82) is 0 Å². The van der Waals surface area contributed by atoms with E-state index >= 15 is 0 Å². The summed E-state index contributed by atoms with van der Waals surface area (Å²) in [5.41, 5.74) is 10.3. The molecule has 3 nitrogen and oxygen atoms in total. The molecular weight excluding hydrogens is 462 g/mol. The van der Waals surface area contributed by atoms with Gasteiger partial charge in [0.2, 0.25) is 0 Å². The van der Waals surface area contributed by atoms with E-state index in [-0.39, 0.29) is 0 Å². The molecule has 0 atom stereocenters. The van der Waals surface area contributed by atoms with Crippen LogP contribution in [0.5, 0.6) is 0 Å². The average molecular weight is 486 g/mol. The third kappa shape index (κ3) is 2.99. The number of fused-ring (bicyclic) bond motifs is 7. The number of hydrogen-bond acceptors (Lipinski definition) is 1. The third-order valence-corrected chi connectivity index (χ3v) is 7.53. The number of pyridine rings is 1. The summed E-state index contributed by atoms with van der Waals surface area (Å²) in [6.07, 6.45) is 2.05. The van der Waals surface area contributed by atoms with Crippen LogP contribution in [-0.2, 0) is 0 Å². The Hall–Kier alpha value is -5.15. The molecule has 8 aromatic rings. The lowest BCUT2D eigenvalue weighted by Crippen LogP contribution is -1.99. The minimum absolute atomic E-state index is 1.01. The standard InChI is InChI=1S/C35H23N3/c1-3-12-24(13-4-1)25-14-11-17-27(22-25)38-32-21-10-8-19-29(32)33-35(38)34-30(23-36-33)28-18-7-9-20-31(28)37(34)26-15-5-2-6-16-26/h1-23H. The van der Waals surface area contributed by atoms with Crippen LogP contribution in [0.4, 0.5) is 0 Å². The van der Waals surface area contributed by atoms with Crippen LogP contribution in [0.25, 0.3) is 66.2 Å². The Labute approximate surface area is 219 Å². The van der Waals surface area contributed by atoms with Gasteiger partial charge in [-0.3, -0.25) is 4.98 Å². The van der Waals surface area contributed by atoms with Gasteiger partial charge in [-0.15, -0.1) is 0 Å². The Morgan fingerprint density at radius 1 is 0.421 bits per heavy atom. The highest BCUT2D eigenvalue weighted by Crippen LogP contribution is 2.40. The van der Waals surface area contributed by atoms with Crippen LogP contribution in [0.2, 0.25) is 0 Å². The molecule has 0 aliphatic rings. The first-order valence-corrected chi connectivity index (χ1v) is 12.9. The van der Waals surface area contributed by atoms with Crippen molar-refractivity contribution in [2.75, 3.05) is 0 Å². The van der Waals surface area contributed by atoms with E-state index in [4.69, 9.17) is 4.98 Å². The minimum atomic E-state index is 1.01. The highest BCUT2D eigenvalue weighted by molar-refractivity contribution is 6.22. The number of nitrogens with zero attached hydrogens (tertiary/aromatic N) is 3. The van der Waals surface area contributed by atoms with Crippen LogP contribution in [0.15, 0.2) is 140 Å². The SMILES string of the molecule is c1ccc(-c2cccc(-n3c4ccccc4c4ncc5c6ccccc6n(-c6ccccc6)c5c43)c2)cc1. The first-order valence-electron chi connectivity index (χ1n) is 12.9. The predicted octanol–water partition coefficient (Wildman–Crippen LogP) is 8.94. The maximum atomic E-state index is 5.09. The molecule has 0 saturated carbocycles. The van der Waals surface area contributed by atoms with Crippen molar-refractivity contribution in [1.82, 2.24) is 14.1 Å². The monoisotopic (exact) mass is 485 g/mol. The van der Waals surface area contributed by atoms with Gasteiger partial charge in [-0.25, -0.2) is 0 Å². The zero-order chi connectivity index (χ0) is 25.1. The fourth-order valence-corrected chi connectivity index (χ4v) is 5.90. The summed E-state index contributed by atoms with van der Waals surface area (Å²) < 4.78 is 4.79. The van der Waals surface area contributed by atoms with Gasteiger partial charge >= 0.3 is 0 Å². The van der Waals surface area contributed by atoms with Crippen molar-refractivity contribution >= 4 is 43.7 Å². The smallest absolute Gasteiger partial charge is 0.0985 e. The van der Waals surface area contributed by atoms with E-state index in [0.29, 0.717) is 0 Å². The van der Waals surface area contributed by atoms with Crippen molar-refractivity contribution in [2.45, 2.75) is 0 Å². The largest absolute Gasteiger partial charge is 0.307 e. The van der Waals surface area contributed by atoms with Gasteiger partial charge in [-0.05, 0) is 47.5 Å². The van der Waals surface area contributed by atoms with E-state index in [1.807, 2.05) is 0 Å². The molecule has 5 aromatic carbocycles. The first-order chi connectivity index (χ1) is 18.9. The van der Waals surface area contributed by atoms with Gasteiger partial charge in [0.05, 0.1) is 27.6 Å². The van der Waals surface area contributed by atoms with E-state index in [0.717, 1.165) is 38.7 Å². The average Bonchev–Trinajstić information content (AvgIpc) is 3.51. The summed E-state index contributed by atoms with van der Waals surface area (Å²) in [5, 5.41) is 3.51. The van der Waals surface area contributed by atoms with Gasteiger partial charge < -0.3 is 9.13 Å². The Morgan fingerprint density at radius 3 is 1.79 bits per heavy atom. The van der Waals surface area contributed by atoms with E-state index in [1.54, 1.807) is 0 Å². The molecule has 8 rings (SSSR count). The van der Waals surface area contributed by atoms with Crippen LogP contribution in [0.1, 0.15) is 0 Å². The highest BCUT2D eigenvalue weighted by Gasteiger charge is 2.21. The first kappa shape index (κ1) is 21.0. The van der Waals surface area contributed by atoms with Gasteiger partial charge in [0.1, 0.15) is 0 Å². The molecule has 0 fully saturated rings. The van der Waals surface area contributed by atoms with E-state index in [9.17, 15) is 0 Å². The summed E-state index contributed by atoms with van der Waals surface area (Å²) >= 11 is 0. The number of para-hydroxylation sites is 3. The lowest BCUT2D eigenvalue weighted by molar-refractivity contribution is 1.15. The van der Waals surface area contributed by atoms with E-state index < -0.39 is 0 Å². The fourth-order valence-electron chi connectivity index (χ4n) is 5.90. The van der Waals surface area contributed by atoms with Gasteiger partial charge in [0, 0.05) is 33.7 Å². The second kappa shape index (κ2) is 8.19. The molecule has 3 heterocycles. The second-order valence-corrected chi connectivity index (χ2v) is 9.67. The zero-order valence-electron chi connectivity index (χ0n) is 20.6. The second-order valence-electron chi connectivity index (χ2n) is 9.67. The number of benzene rings is 5. The van der Waals surface area contributed by atoms with Crippen LogP contribution in [-0.4, -0.2) is 14.1 Å². The van der Waals surface area contributed by atoms with Crippen molar-refractivity contribution in [3.8, 4) is 22.5 Å². The van der Waals surface area contributed by atoms with Gasteiger partial charge in [-0.2, -0.15) is 0 Å². The topological polar surface area (TPSA) is 22.8 Å². The van der Waals surface area contributed by atoms with Crippen LogP contribution in [0.3, 0.4) is 0 Å². The molecule has 0 spiro atoms. The van der Waals surface area contributed by atoms with Crippen molar-refractivity contribution in [3.63, 3.8) is 0 Å². The zero-order valence-corrected chi connectivity index (χ0v) is 20.6. The molecule has 0 bridgehead atoms. The summed E-state index contributed by atoms with van der Waals surface area (Å²) in [4.78, 5) is 5.09. The molecule has 0 aliphatic carbocycles. The van der Waals surface area contributed by atoms with Crippen molar-refractivity contribution in [2.24, 2.45) is 0 Å². The van der Waals surface area contributed by atoms with Crippen LogP contribution >= 0.6 is 0 Å². The lowest BCUT2D eigenvalue weighted by atomic mass is 10.1. The minimum Gasteiger partial charge on any atom is -0.307 e. The number of hydrogen-bond donors (Lipinski definition) is 0. The predicted molar refractivity (Wildman–Crippen MR) is 158 cm³/mol. The fraction of sp³-hybridized carbons (Fsp3) is 0. The summed E-state index contributed by atoms with van der Waals surface area (Å²) in [6, 6.07) is 47.3. The molecule has 0 radical (unpaired) electrons. The molecule has 0 saturated heterocycles. The molecule has 3 aromatic heterocycles. The van der Waals surface area contributed by atoms with E-state index in [2.05, 4.69) is 149 Å². The Kier molecular flexibility index (Phi) is 4.52. The maximum absolute atomic E-state index is 5.09. The van der Waals surface area contributed by atoms with Gasteiger partial charge in [-0.1, -0.05) is 97.1 Å². The van der Waals surface area contributed by atoms with E-state index in [1.165, 1.54) is 27.5 Å². The summed E-state index contributed by atoms with van der Waals surface area (Å²) in [6.45, 7) is 0. The molecule has 0 aliphatic heterocycles. The Bertz CT molecular complexity index is 2120. The molecule has 3 heteroatoms. The van der Waals surface area contributed by atoms with Crippen molar-refractivity contribution in [3.05, 3.63) is 140 Å².